The smallest absolute Gasteiger partial charge is 0.140 e. The third-order valence-corrected chi connectivity index (χ3v) is 5.12. The molecule has 0 spiro atoms. The molecule has 0 aliphatic rings. The zero-order chi connectivity index (χ0) is 22.1. The quantitative estimate of drug-likeness (QED) is 0.311. The molecule has 0 heterocycles. The molecule has 0 unspecified atom stereocenters. The average Bonchev–Trinajstić information content (AvgIpc) is 2.80. The largest absolute Gasteiger partial charge is 0.206 e. The summed E-state index contributed by atoms with van der Waals surface area (Å²) in [5, 5.41) is 0. The lowest BCUT2D eigenvalue weighted by atomic mass is 10.0. The van der Waals surface area contributed by atoms with Gasteiger partial charge in [-0.2, -0.15) is 0 Å². The molecule has 2 heteroatoms. The summed E-state index contributed by atoms with van der Waals surface area (Å²) >= 11 is 0. The minimum absolute atomic E-state index is 0.0269. The van der Waals surface area contributed by atoms with Crippen LogP contribution in [0.5, 0.6) is 0 Å². The van der Waals surface area contributed by atoms with Crippen molar-refractivity contribution in [3.05, 3.63) is 106 Å². The van der Waals surface area contributed by atoms with Gasteiger partial charge in [-0.3, -0.25) is 0 Å². The van der Waals surface area contributed by atoms with Gasteiger partial charge >= 0.3 is 0 Å². The lowest BCUT2D eigenvalue weighted by molar-refractivity contribution is 0.594. The van der Waals surface area contributed by atoms with Gasteiger partial charge < -0.3 is 0 Å². The number of unbranched alkanes of at least 4 members (excludes halogenated alkanes) is 2. The Balaban J connectivity index is 1.73. The summed E-state index contributed by atoms with van der Waals surface area (Å²) in [4.78, 5) is 0. The Kier molecular flexibility index (Phi) is 8.03. The van der Waals surface area contributed by atoms with Crippen molar-refractivity contribution < 1.29 is 8.78 Å². The van der Waals surface area contributed by atoms with Crippen molar-refractivity contribution >= 4 is 0 Å². The highest BCUT2D eigenvalue weighted by atomic mass is 19.1. The first-order valence-electron chi connectivity index (χ1n) is 10.8. The Labute approximate surface area is 184 Å². The molecule has 0 aromatic heterocycles. The normalized spacial score (nSPS) is 10.1. The second-order valence-electron chi connectivity index (χ2n) is 7.52. The fourth-order valence-corrected chi connectivity index (χ4v) is 3.18. The molecular formula is C29H26F2. The Bertz CT molecular complexity index is 1130. The molecule has 0 aliphatic heterocycles. The van der Waals surface area contributed by atoms with Crippen LogP contribution in [0.3, 0.4) is 0 Å². The van der Waals surface area contributed by atoms with Gasteiger partial charge in [0, 0.05) is 11.1 Å². The molecule has 0 atom stereocenters. The van der Waals surface area contributed by atoms with Crippen molar-refractivity contribution in [2.24, 2.45) is 0 Å². The molecule has 0 amide bonds. The highest BCUT2D eigenvalue weighted by molar-refractivity contribution is 5.49. The third kappa shape index (κ3) is 6.56. The van der Waals surface area contributed by atoms with Crippen LogP contribution in [0, 0.1) is 35.3 Å². The fourth-order valence-electron chi connectivity index (χ4n) is 3.18. The number of rotatable bonds is 5. The molecule has 0 nitrogen and oxygen atoms in total. The SMILES string of the molecule is CCCCCc1ccc(C#Cc2cc(F)c(C#Cc3ccc(CC)cc3)cc2F)cc1. The molecule has 0 aliphatic carbocycles. The fraction of sp³-hybridized carbons (Fsp3) is 0.241. The van der Waals surface area contributed by atoms with Gasteiger partial charge in [-0.15, -0.1) is 0 Å². The highest BCUT2D eigenvalue weighted by Crippen LogP contribution is 2.15. The molecule has 0 radical (unpaired) electrons. The molecule has 0 saturated heterocycles. The number of halogens is 2. The predicted octanol–water partition coefficient (Wildman–Crippen LogP) is 7.06. The Morgan fingerprint density at radius 2 is 1.10 bits per heavy atom. The summed E-state index contributed by atoms with van der Waals surface area (Å²) in [6.07, 6.45) is 5.58. The number of hydrogen-bond donors (Lipinski definition) is 0. The Morgan fingerprint density at radius 3 is 1.55 bits per heavy atom. The maximum atomic E-state index is 14.5. The molecule has 0 fully saturated rings. The van der Waals surface area contributed by atoms with Gasteiger partial charge in [-0.05, 0) is 66.8 Å². The van der Waals surface area contributed by atoms with Crippen LogP contribution >= 0.6 is 0 Å². The second-order valence-corrected chi connectivity index (χ2v) is 7.52. The monoisotopic (exact) mass is 412 g/mol. The second kappa shape index (κ2) is 11.1. The first-order chi connectivity index (χ1) is 15.1. The van der Waals surface area contributed by atoms with Crippen molar-refractivity contribution in [2.45, 2.75) is 46.0 Å². The van der Waals surface area contributed by atoms with Gasteiger partial charge in [-0.25, -0.2) is 8.78 Å². The zero-order valence-corrected chi connectivity index (χ0v) is 18.1. The summed E-state index contributed by atoms with van der Waals surface area (Å²) in [5.74, 6) is 10.1. The Hall–Kier alpha value is -3.36. The zero-order valence-electron chi connectivity index (χ0n) is 18.1. The Morgan fingerprint density at radius 1 is 0.613 bits per heavy atom. The first-order valence-corrected chi connectivity index (χ1v) is 10.8. The van der Waals surface area contributed by atoms with E-state index in [1.54, 1.807) is 0 Å². The van der Waals surface area contributed by atoms with Gasteiger partial charge in [-0.1, -0.05) is 74.6 Å². The van der Waals surface area contributed by atoms with Gasteiger partial charge in [0.15, 0.2) is 0 Å². The maximum Gasteiger partial charge on any atom is 0.140 e. The van der Waals surface area contributed by atoms with E-state index in [-0.39, 0.29) is 11.1 Å². The van der Waals surface area contributed by atoms with Crippen molar-refractivity contribution in [2.75, 3.05) is 0 Å². The van der Waals surface area contributed by atoms with E-state index < -0.39 is 11.6 Å². The molecule has 0 bridgehead atoms. The van der Waals surface area contributed by atoms with Gasteiger partial charge in [0.2, 0.25) is 0 Å². The summed E-state index contributed by atoms with van der Waals surface area (Å²) in [7, 11) is 0. The van der Waals surface area contributed by atoms with Crippen molar-refractivity contribution in [3.8, 4) is 23.7 Å². The van der Waals surface area contributed by atoms with Crippen LogP contribution in [0.2, 0.25) is 0 Å². The average molecular weight is 413 g/mol. The van der Waals surface area contributed by atoms with E-state index >= 15 is 0 Å². The summed E-state index contributed by atoms with van der Waals surface area (Å²) < 4.78 is 28.9. The van der Waals surface area contributed by atoms with E-state index in [1.807, 2.05) is 48.5 Å². The molecule has 31 heavy (non-hydrogen) atoms. The molecule has 156 valence electrons. The lowest BCUT2D eigenvalue weighted by Gasteiger charge is -2.01. The number of benzene rings is 3. The number of hydrogen-bond acceptors (Lipinski definition) is 0. The number of aryl methyl sites for hydroxylation is 2. The van der Waals surface area contributed by atoms with Crippen LogP contribution in [0.1, 0.15) is 66.5 Å². The van der Waals surface area contributed by atoms with Crippen molar-refractivity contribution in [1.29, 1.82) is 0 Å². The van der Waals surface area contributed by atoms with Crippen LogP contribution < -0.4 is 0 Å². The molecule has 3 aromatic carbocycles. The minimum Gasteiger partial charge on any atom is -0.206 e. The van der Waals surface area contributed by atoms with Gasteiger partial charge in [0.25, 0.3) is 0 Å². The van der Waals surface area contributed by atoms with Crippen LogP contribution in [0.15, 0.2) is 60.7 Å². The summed E-state index contributed by atoms with van der Waals surface area (Å²) in [5.41, 5.74) is 4.07. The highest BCUT2D eigenvalue weighted by Gasteiger charge is 2.07. The van der Waals surface area contributed by atoms with E-state index in [4.69, 9.17) is 0 Å². The lowest BCUT2D eigenvalue weighted by Crippen LogP contribution is -1.92. The van der Waals surface area contributed by atoms with Crippen LogP contribution in [0.4, 0.5) is 8.78 Å². The maximum absolute atomic E-state index is 14.5. The molecule has 0 saturated carbocycles. The summed E-state index contributed by atoms with van der Waals surface area (Å²) in [6.45, 7) is 4.26. The van der Waals surface area contributed by atoms with Crippen LogP contribution in [-0.2, 0) is 12.8 Å². The predicted molar refractivity (Wildman–Crippen MR) is 124 cm³/mol. The van der Waals surface area contributed by atoms with Crippen LogP contribution in [-0.4, -0.2) is 0 Å². The molecule has 3 rings (SSSR count). The van der Waals surface area contributed by atoms with E-state index in [1.165, 1.54) is 30.4 Å². The topological polar surface area (TPSA) is 0 Å². The van der Waals surface area contributed by atoms with Crippen molar-refractivity contribution in [1.82, 2.24) is 0 Å². The van der Waals surface area contributed by atoms with Crippen molar-refractivity contribution in [3.63, 3.8) is 0 Å². The van der Waals surface area contributed by atoms with Crippen LogP contribution in [0.25, 0.3) is 0 Å². The first kappa shape index (κ1) is 22.3. The van der Waals surface area contributed by atoms with E-state index in [9.17, 15) is 8.78 Å². The third-order valence-electron chi connectivity index (χ3n) is 5.12. The molecule has 3 aromatic rings. The van der Waals surface area contributed by atoms with Gasteiger partial charge in [0.05, 0.1) is 11.1 Å². The minimum atomic E-state index is -0.574. The standard InChI is InChI=1S/C29H26F2/c1-3-5-6-7-23-12-14-25(15-13-23)17-19-27-21-28(30)26(20-29(27)31)18-16-24-10-8-22(4-2)9-11-24/h8-15,20-21H,3-7H2,1-2H3. The molecule has 0 N–H and O–H groups in total. The van der Waals surface area contributed by atoms with E-state index in [0.717, 1.165) is 36.1 Å². The summed E-state index contributed by atoms with van der Waals surface area (Å²) in [6, 6.07) is 17.9. The molecular weight excluding hydrogens is 386 g/mol. The van der Waals surface area contributed by atoms with E-state index in [0.29, 0.717) is 0 Å². The van der Waals surface area contributed by atoms with Gasteiger partial charge in [0.1, 0.15) is 11.6 Å². The van der Waals surface area contributed by atoms with E-state index in [2.05, 4.69) is 37.5 Å².